The Morgan fingerprint density at radius 2 is 1.82 bits per heavy atom. The number of para-hydroxylation sites is 1. The minimum absolute atomic E-state index is 0.123. The van der Waals surface area contributed by atoms with Crippen molar-refractivity contribution in [3.05, 3.63) is 29.8 Å². The third kappa shape index (κ3) is 1.83. The molecule has 0 saturated carbocycles. The fraction of sp³-hybridized carbons (Fsp3) is 0.143. The van der Waals surface area contributed by atoms with E-state index in [4.69, 9.17) is 0 Å². The third-order valence-corrected chi connectivity index (χ3v) is 1.38. The quantitative estimate of drug-likeness (QED) is 0.519. The van der Waals surface area contributed by atoms with Crippen LogP contribution >= 0.6 is 12.6 Å². The van der Waals surface area contributed by atoms with Gasteiger partial charge in [-0.2, -0.15) is 12.6 Å². The Kier molecular flexibility index (Phi) is 2.70. The summed E-state index contributed by atoms with van der Waals surface area (Å²) in [5, 5.41) is 2.46. The topological polar surface area (TPSA) is 12.0 Å². The van der Waals surface area contributed by atoms with E-state index in [-0.39, 0.29) is 11.6 Å². The lowest BCUT2D eigenvalue weighted by atomic mass is 10.3. The van der Waals surface area contributed by atoms with Crippen LogP contribution < -0.4 is 5.32 Å². The van der Waals surface area contributed by atoms with Crippen LogP contribution in [-0.2, 0) is 0 Å². The molecule has 0 heterocycles. The van der Waals surface area contributed by atoms with Crippen molar-refractivity contribution in [2.45, 2.75) is 0 Å². The summed E-state index contributed by atoms with van der Waals surface area (Å²) in [4.78, 5) is 0. The van der Waals surface area contributed by atoms with Crippen molar-refractivity contribution < 1.29 is 8.78 Å². The normalized spacial score (nSPS) is 9.73. The molecule has 0 spiro atoms. The predicted octanol–water partition coefficient (Wildman–Crippen LogP) is 2.26. The lowest BCUT2D eigenvalue weighted by Crippen LogP contribution is -2.00. The second-order valence-corrected chi connectivity index (χ2v) is 2.25. The molecule has 1 aromatic carbocycles. The van der Waals surface area contributed by atoms with E-state index < -0.39 is 11.6 Å². The first-order valence-corrected chi connectivity index (χ1v) is 3.67. The van der Waals surface area contributed by atoms with Crippen molar-refractivity contribution >= 4 is 18.3 Å². The van der Waals surface area contributed by atoms with Crippen LogP contribution in [0.25, 0.3) is 0 Å². The molecule has 0 atom stereocenters. The summed E-state index contributed by atoms with van der Waals surface area (Å²) in [6.45, 7) is 0. The molecule has 0 unspecified atom stereocenters. The van der Waals surface area contributed by atoms with Gasteiger partial charge in [0.05, 0.1) is 5.88 Å². The van der Waals surface area contributed by atoms with E-state index in [9.17, 15) is 8.78 Å². The number of hydrogen-bond donors (Lipinski definition) is 2. The molecule has 0 aliphatic carbocycles. The van der Waals surface area contributed by atoms with Crippen LogP contribution in [0.15, 0.2) is 18.2 Å². The van der Waals surface area contributed by atoms with Crippen molar-refractivity contribution in [3.63, 3.8) is 0 Å². The molecular weight excluding hydrogens is 168 g/mol. The molecule has 4 heteroatoms. The van der Waals surface area contributed by atoms with Crippen molar-refractivity contribution in [3.8, 4) is 0 Å². The molecule has 0 aromatic heterocycles. The number of halogens is 2. The Hall–Kier alpha value is -0.770. The summed E-state index contributed by atoms with van der Waals surface area (Å²) in [5.41, 5.74) is -0.123. The van der Waals surface area contributed by atoms with Gasteiger partial charge in [-0.25, -0.2) is 8.78 Å². The van der Waals surface area contributed by atoms with Gasteiger partial charge in [-0.1, -0.05) is 6.07 Å². The van der Waals surface area contributed by atoms with Gasteiger partial charge in [0, 0.05) is 0 Å². The van der Waals surface area contributed by atoms with Crippen LogP contribution in [0.2, 0.25) is 0 Å². The Labute approximate surface area is 68.8 Å². The highest BCUT2D eigenvalue weighted by Gasteiger charge is 2.05. The van der Waals surface area contributed by atoms with Crippen molar-refractivity contribution in [1.82, 2.24) is 0 Å². The lowest BCUT2D eigenvalue weighted by molar-refractivity contribution is 0.589. The maximum absolute atomic E-state index is 12.7. The highest BCUT2D eigenvalue weighted by atomic mass is 32.1. The van der Waals surface area contributed by atoms with E-state index in [0.29, 0.717) is 0 Å². The van der Waals surface area contributed by atoms with Gasteiger partial charge in [0.15, 0.2) is 0 Å². The second kappa shape index (κ2) is 3.57. The molecule has 1 rings (SSSR count). The minimum Gasteiger partial charge on any atom is -0.372 e. The SMILES string of the molecule is Fc1cccc(F)c1NCS. The molecular formula is C7H7F2NS. The van der Waals surface area contributed by atoms with Crippen LogP contribution in [0, 0.1) is 11.6 Å². The van der Waals surface area contributed by atoms with Crippen molar-refractivity contribution in [1.29, 1.82) is 0 Å². The van der Waals surface area contributed by atoms with E-state index in [2.05, 4.69) is 17.9 Å². The highest BCUT2D eigenvalue weighted by molar-refractivity contribution is 7.80. The smallest absolute Gasteiger partial charge is 0.149 e. The van der Waals surface area contributed by atoms with Crippen LogP contribution in [0.5, 0.6) is 0 Å². The zero-order chi connectivity index (χ0) is 8.27. The maximum Gasteiger partial charge on any atom is 0.149 e. The number of anilines is 1. The first-order chi connectivity index (χ1) is 5.25. The fourth-order valence-electron chi connectivity index (χ4n) is 0.746. The molecule has 0 amide bonds. The van der Waals surface area contributed by atoms with Gasteiger partial charge in [-0.05, 0) is 12.1 Å². The molecule has 0 radical (unpaired) electrons. The standard InChI is InChI=1S/C7H7F2NS/c8-5-2-1-3-6(9)7(5)10-4-11/h1-3,10-11H,4H2. The Morgan fingerprint density at radius 1 is 1.27 bits per heavy atom. The number of benzene rings is 1. The van der Waals surface area contributed by atoms with Crippen molar-refractivity contribution in [2.75, 3.05) is 11.2 Å². The van der Waals surface area contributed by atoms with Gasteiger partial charge in [-0.15, -0.1) is 0 Å². The Morgan fingerprint density at radius 3 is 2.27 bits per heavy atom. The maximum atomic E-state index is 12.7. The van der Waals surface area contributed by atoms with E-state index in [1.54, 1.807) is 0 Å². The molecule has 1 aromatic rings. The molecule has 0 aliphatic heterocycles. The van der Waals surface area contributed by atoms with Gasteiger partial charge >= 0.3 is 0 Å². The average molecular weight is 175 g/mol. The number of hydrogen-bond acceptors (Lipinski definition) is 2. The zero-order valence-electron chi connectivity index (χ0n) is 5.64. The fourth-order valence-corrected chi connectivity index (χ4v) is 0.904. The molecule has 1 N–H and O–H groups in total. The average Bonchev–Trinajstić information content (AvgIpc) is 1.97. The number of nitrogens with one attached hydrogen (secondary N) is 1. The second-order valence-electron chi connectivity index (χ2n) is 1.93. The zero-order valence-corrected chi connectivity index (χ0v) is 6.54. The summed E-state index contributed by atoms with van der Waals surface area (Å²) in [5.74, 6) is -0.990. The van der Waals surface area contributed by atoms with E-state index in [1.807, 2.05) is 0 Å². The molecule has 0 saturated heterocycles. The summed E-state index contributed by atoms with van der Waals surface area (Å²) < 4.78 is 25.4. The van der Waals surface area contributed by atoms with Crippen LogP contribution in [0.4, 0.5) is 14.5 Å². The number of rotatable bonds is 2. The van der Waals surface area contributed by atoms with Gasteiger partial charge in [0.2, 0.25) is 0 Å². The predicted molar refractivity (Wildman–Crippen MR) is 43.8 cm³/mol. The van der Waals surface area contributed by atoms with E-state index >= 15 is 0 Å². The van der Waals surface area contributed by atoms with Gasteiger partial charge in [-0.3, -0.25) is 0 Å². The highest BCUT2D eigenvalue weighted by Crippen LogP contribution is 2.17. The lowest BCUT2D eigenvalue weighted by Gasteiger charge is -2.04. The Balaban J connectivity index is 3.00. The molecule has 0 fully saturated rings. The molecule has 11 heavy (non-hydrogen) atoms. The molecule has 60 valence electrons. The monoisotopic (exact) mass is 175 g/mol. The molecule has 1 nitrogen and oxygen atoms in total. The van der Waals surface area contributed by atoms with Crippen molar-refractivity contribution in [2.24, 2.45) is 0 Å². The van der Waals surface area contributed by atoms with Crippen LogP contribution in [0.3, 0.4) is 0 Å². The van der Waals surface area contributed by atoms with Crippen LogP contribution in [-0.4, -0.2) is 5.88 Å². The summed E-state index contributed by atoms with van der Waals surface area (Å²) in [6.07, 6.45) is 0. The van der Waals surface area contributed by atoms with Gasteiger partial charge in [0.25, 0.3) is 0 Å². The Bertz CT molecular complexity index is 232. The first kappa shape index (κ1) is 8.33. The first-order valence-electron chi connectivity index (χ1n) is 3.04. The largest absolute Gasteiger partial charge is 0.372 e. The minimum atomic E-state index is -0.598. The van der Waals surface area contributed by atoms with E-state index in [1.165, 1.54) is 18.2 Å². The van der Waals surface area contributed by atoms with Gasteiger partial charge in [0.1, 0.15) is 17.3 Å². The van der Waals surface area contributed by atoms with E-state index in [0.717, 1.165) is 0 Å². The summed E-state index contributed by atoms with van der Waals surface area (Å²) >= 11 is 3.78. The number of thiol groups is 1. The summed E-state index contributed by atoms with van der Waals surface area (Å²) in [6, 6.07) is 3.69. The van der Waals surface area contributed by atoms with Gasteiger partial charge < -0.3 is 5.32 Å². The summed E-state index contributed by atoms with van der Waals surface area (Å²) in [7, 11) is 0. The third-order valence-electron chi connectivity index (χ3n) is 1.22. The molecule has 0 aliphatic rings. The molecule has 0 bridgehead atoms. The van der Waals surface area contributed by atoms with Crippen LogP contribution in [0.1, 0.15) is 0 Å².